The van der Waals surface area contributed by atoms with Crippen LogP contribution in [-0.4, -0.2) is 46.1 Å². The van der Waals surface area contributed by atoms with E-state index in [2.05, 4.69) is 31.3 Å². The van der Waals surface area contributed by atoms with Gasteiger partial charge in [0.05, 0.1) is 31.3 Å². The summed E-state index contributed by atoms with van der Waals surface area (Å²) in [4.78, 5) is 12.5. The number of carbonyl (C=O) groups is 1. The maximum Gasteiger partial charge on any atom is 0.222 e. The van der Waals surface area contributed by atoms with Gasteiger partial charge >= 0.3 is 0 Å². The van der Waals surface area contributed by atoms with Crippen molar-refractivity contribution < 1.29 is 20.1 Å². The predicted octanol–water partition coefficient (Wildman–Crippen LogP) is 14.0. The molecule has 0 rings (SSSR count). The van der Waals surface area contributed by atoms with Crippen LogP contribution in [0.3, 0.4) is 0 Å². The number of hydrogen-bond donors (Lipinski definition) is 4. The van der Waals surface area contributed by atoms with Gasteiger partial charge in [-0.15, -0.1) is 0 Å². The zero-order valence-electron chi connectivity index (χ0n) is 35.9. The zero-order chi connectivity index (χ0) is 38.7. The molecular weight excluding hydrogens is 655 g/mol. The van der Waals surface area contributed by atoms with Crippen LogP contribution in [0.1, 0.15) is 264 Å². The number of amides is 1. The van der Waals surface area contributed by atoms with Crippen LogP contribution in [0.15, 0.2) is 12.2 Å². The summed E-state index contributed by atoms with van der Waals surface area (Å²) < 4.78 is 0. The highest BCUT2D eigenvalue weighted by Gasteiger charge is 2.21. The lowest BCUT2D eigenvalue weighted by Gasteiger charge is -2.23. The number of aliphatic hydroxyl groups is 3. The molecule has 4 N–H and O–H groups in total. The van der Waals surface area contributed by atoms with E-state index in [9.17, 15) is 20.1 Å². The lowest BCUT2D eigenvalue weighted by molar-refractivity contribution is -0.125. The molecule has 5 heteroatoms. The number of hydrogen-bond acceptors (Lipinski definition) is 4. The predicted molar refractivity (Wildman–Crippen MR) is 232 cm³/mol. The van der Waals surface area contributed by atoms with Crippen LogP contribution in [0.5, 0.6) is 0 Å². The molecule has 3 unspecified atom stereocenters. The van der Waals surface area contributed by atoms with Crippen molar-refractivity contribution in [3.05, 3.63) is 12.2 Å². The first-order chi connectivity index (χ1) is 26.0. The SMILES string of the molecule is CCCCCCCC/C=C\CCCCCCCC(O)CC(=O)NC(CO)C(O)CCCCCCCCCCCCCCCCCCCCCCCCC. The Morgan fingerprint density at radius 1 is 0.453 bits per heavy atom. The molecule has 0 aromatic heterocycles. The topological polar surface area (TPSA) is 89.8 Å². The fraction of sp³-hybridized carbons (Fsp3) is 0.938. The highest BCUT2D eigenvalue weighted by Crippen LogP contribution is 2.17. The van der Waals surface area contributed by atoms with E-state index in [-0.39, 0.29) is 18.9 Å². The monoisotopic (exact) mass is 750 g/mol. The van der Waals surface area contributed by atoms with Gasteiger partial charge in [0.1, 0.15) is 0 Å². The molecule has 0 aromatic carbocycles. The van der Waals surface area contributed by atoms with Crippen molar-refractivity contribution in [1.29, 1.82) is 0 Å². The minimum atomic E-state index is -0.749. The van der Waals surface area contributed by atoms with Gasteiger partial charge in [-0.2, -0.15) is 0 Å². The lowest BCUT2D eigenvalue weighted by Crippen LogP contribution is -2.46. The van der Waals surface area contributed by atoms with Gasteiger partial charge in [0.2, 0.25) is 5.91 Å². The maximum absolute atomic E-state index is 12.5. The van der Waals surface area contributed by atoms with Crippen molar-refractivity contribution in [1.82, 2.24) is 5.32 Å². The number of aliphatic hydroxyl groups excluding tert-OH is 3. The Labute approximate surface area is 331 Å². The normalized spacial score (nSPS) is 13.5. The van der Waals surface area contributed by atoms with Crippen molar-refractivity contribution in [2.24, 2.45) is 0 Å². The molecule has 0 heterocycles. The van der Waals surface area contributed by atoms with Gasteiger partial charge < -0.3 is 20.6 Å². The van der Waals surface area contributed by atoms with Crippen LogP contribution in [0, 0.1) is 0 Å². The van der Waals surface area contributed by atoms with Crippen molar-refractivity contribution in [2.75, 3.05) is 6.61 Å². The molecule has 316 valence electrons. The molecule has 0 aliphatic carbocycles. The first-order valence-electron chi connectivity index (χ1n) is 24.0. The van der Waals surface area contributed by atoms with Crippen LogP contribution in [0.2, 0.25) is 0 Å². The van der Waals surface area contributed by atoms with E-state index in [1.165, 1.54) is 199 Å². The van der Waals surface area contributed by atoms with Gasteiger partial charge in [-0.1, -0.05) is 231 Å². The summed E-state index contributed by atoms with van der Waals surface area (Å²) in [7, 11) is 0. The van der Waals surface area contributed by atoms with E-state index >= 15 is 0 Å². The summed E-state index contributed by atoms with van der Waals surface area (Å²) in [5, 5.41) is 33.5. The molecule has 5 nitrogen and oxygen atoms in total. The number of allylic oxidation sites excluding steroid dienone is 2. The highest BCUT2D eigenvalue weighted by atomic mass is 16.3. The summed E-state index contributed by atoms with van der Waals surface area (Å²) in [6.45, 7) is 4.27. The standard InChI is InChI=1S/C48H95NO4/c1-3-5-7-9-11-13-15-17-19-20-21-22-23-24-25-26-28-30-32-34-36-38-40-42-47(52)46(44-50)49-48(53)43-45(51)41-39-37-35-33-31-29-27-18-16-14-12-10-8-6-4-2/h18,27,45-47,50-52H,3-17,19-26,28-44H2,1-2H3,(H,49,53)/b27-18-. The Kier molecular flexibility index (Phi) is 43.1. The number of rotatable bonds is 44. The van der Waals surface area contributed by atoms with Crippen LogP contribution in [0.25, 0.3) is 0 Å². The third-order valence-corrected chi connectivity index (χ3v) is 11.3. The summed E-state index contributed by atoms with van der Waals surface area (Å²) in [6.07, 6.45) is 51.9. The molecule has 0 fully saturated rings. The van der Waals surface area contributed by atoms with Gasteiger partial charge in [-0.3, -0.25) is 4.79 Å². The summed E-state index contributed by atoms with van der Waals surface area (Å²) >= 11 is 0. The summed E-state index contributed by atoms with van der Waals surface area (Å²) in [6, 6.07) is -0.658. The van der Waals surface area contributed by atoms with Crippen LogP contribution in [0.4, 0.5) is 0 Å². The van der Waals surface area contributed by atoms with E-state index < -0.39 is 18.2 Å². The van der Waals surface area contributed by atoms with E-state index in [0.29, 0.717) is 12.8 Å². The van der Waals surface area contributed by atoms with Crippen molar-refractivity contribution in [3.8, 4) is 0 Å². The highest BCUT2D eigenvalue weighted by molar-refractivity contribution is 5.76. The third-order valence-electron chi connectivity index (χ3n) is 11.3. The molecule has 53 heavy (non-hydrogen) atoms. The number of carbonyl (C=O) groups excluding carboxylic acids is 1. The van der Waals surface area contributed by atoms with E-state index in [1.807, 2.05) is 0 Å². The number of nitrogens with one attached hydrogen (secondary N) is 1. The second-order valence-corrected chi connectivity index (χ2v) is 16.7. The lowest BCUT2D eigenvalue weighted by atomic mass is 10.0. The molecule has 0 spiro atoms. The average Bonchev–Trinajstić information content (AvgIpc) is 3.15. The number of unbranched alkanes of at least 4 members (excludes halogenated alkanes) is 33. The zero-order valence-corrected chi connectivity index (χ0v) is 35.9. The Bertz CT molecular complexity index is 743. The van der Waals surface area contributed by atoms with Crippen LogP contribution < -0.4 is 5.32 Å². The van der Waals surface area contributed by atoms with Crippen LogP contribution in [-0.2, 0) is 4.79 Å². The Balaban J connectivity index is 3.56. The van der Waals surface area contributed by atoms with E-state index in [1.54, 1.807) is 0 Å². The first kappa shape index (κ1) is 52.1. The van der Waals surface area contributed by atoms with E-state index in [4.69, 9.17) is 0 Å². The quantitative estimate of drug-likeness (QED) is 0.0369. The molecule has 0 saturated heterocycles. The molecule has 0 aliphatic heterocycles. The molecule has 0 aromatic rings. The fourth-order valence-electron chi connectivity index (χ4n) is 7.64. The van der Waals surface area contributed by atoms with Gasteiger partial charge in [-0.25, -0.2) is 0 Å². The van der Waals surface area contributed by atoms with Gasteiger partial charge in [0.25, 0.3) is 0 Å². The summed E-state index contributed by atoms with van der Waals surface area (Å²) in [5.41, 5.74) is 0. The molecule has 0 radical (unpaired) electrons. The van der Waals surface area contributed by atoms with Gasteiger partial charge in [0.15, 0.2) is 0 Å². The van der Waals surface area contributed by atoms with E-state index in [0.717, 1.165) is 32.1 Å². The molecule has 0 aliphatic rings. The smallest absolute Gasteiger partial charge is 0.222 e. The molecule has 0 bridgehead atoms. The van der Waals surface area contributed by atoms with Gasteiger partial charge in [0, 0.05) is 0 Å². The van der Waals surface area contributed by atoms with Crippen LogP contribution >= 0.6 is 0 Å². The summed E-state index contributed by atoms with van der Waals surface area (Å²) in [5.74, 6) is -0.285. The fourth-order valence-corrected chi connectivity index (χ4v) is 7.64. The largest absolute Gasteiger partial charge is 0.394 e. The maximum atomic E-state index is 12.5. The Morgan fingerprint density at radius 2 is 0.755 bits per heavy atom. The molecule has 3 atom stereocenters. The Morgan fingerprint density at radius 3 is 1.09 bits per heavy atom. The van der Waals surface area contributed by atoms with Crippen molar-refractivity contribution in [2.45, 2.75) is 283 Å². The minimum absolute atomic E-state index is 0.0338. The van der Waals surface area contributed by atoms with Crippen molar-refractivity contribution in [3.63, 3.8) is 0 Å². The Hall–Kier alpha value is -0.910. The first-order valence-corrected chi connectivity index (χ1v) is 24.0. The van der Waals surface area contributed by atoms with Crippen molar-refractivity contribution >= 4 is 5.91 Å². The second-order valence-electron chi connectivity index (χ2n) is 16.7. The average molecular weight is 750 g/mol. The molecule has 1 amide bonds. The molecular formula is C48H95NO4. The third kappa shape index (κ3) is 40.6. The molecule has 0 saturated carbocycles. The van der Waals surface area contributed by atoms with Gasteiger partial charge in [-0.05, 0) is 38.5 Å². The second kappa shape index (κ2) is 43.8. The minimum Gasteiger partial charge on any atom is -0.394 e.